The number of aliphatic hydroxyl groups excluding tert-OH is 1. The van der Waals surface area contributed by atoms with E-state index in [0.29, 0.717) is 13.2 Å². The number of hydrogen-bond donors (Lipinski definition) is 1. The highest BCUT2D eigenvalue weighted by Gasteiger charge is 2.16. The van der Waals surface area contributed by atoms with Gasteiger partial charge in [0.05, 0.1) is 23.3 Å². The smallest absolute Gasteiger partial charge is 0.123 e. The second-order valence-corrected chi connectivity index (χ2v) is 15.1. The van der Waals surface area contributed by atoms with Gasteiger partial charge < -0.3 is 14.4 Å². The number of hydrogen-bond acceptors (Lipinski definition) is 4. The Bertz CT molecular complexity index is 1230. The van der Waals surface area contributed by atoms with Gasteiger partial charge in [-0.3, -0.25) is 9.67 Å². The van der Waals surface area contributed by atoms with E-state index in [9.17, 15) is 5.11 Å². The fourth-order valence-corrected chi connectivity index (χ4v) is 4.57. The van der Waals surface area contributed by atoms with Crippen molar-refractivity contribution in [3.63, 3.8) is 0 Å². The minimum absolute atomic E-state index is 0.0541. The molecule has 0 fully saturated rings. The summed E-state index contributed by atoms with van der Waals surface area (Å²) in [6, 6.07) is 13.2. The molecule has 0 saturated heterocycles. The Kier molecular flexibility index (Phi) is 9.02. The van der Waals surface area contributed by atoms with E-state index in [0.717, 1.165) is 40.0 Å². The SMILES string of the molecule is C=C=c1/c(=C(\N=C/C)c2cnn(C(CCO)c3ccccc3)c2)ccn1COCC[Si](C)(C)C. The molecule has 1 atom stereocenters. The van der Waals surface area contributed by atoms with Crippen LogP contribution in [0.15, 0.2) is 66.6 Å². The molecule has 6 nitrogen and oxygen atoms in total. The first-order valence-corrected chi connectivity index (χ1v) is 15.4. The minimum Gasteiger partial charge on any atom is -0.396 e. The summed E-state index contributed by atoms with van der Waals surface area (Å²) >= 11 is 0. The van der Waals surface area contributed by atoms with Crippen LogP contribution in [0.1, 0.15) is 30.5 Å². The van der Waals surface area contributed by atoms with Crippen LogP contribution >= 0.6 is 0 Å². The Hall–Kier alpha value is -2.96. The fraction of sp³-hybridized carbons (Fsp3) is 0.370. The molecule has 180 valence electrons. The van der Waals surface area contributed by atoms with Gasteiger partial charge in [0.1, 0.15) is 6.73 Å². The molecule has 3 aromatic rings. The number of aliphatic hydroxyl groups is 1. The molecular weight excluding hydrogens is 440 g/mol. The Morgan fingerprint density at radius 1 is 1.26 bits per heavy atom. The summed E-state index contributed by atoms with van der Waals surface area (Å²) in [6.07, 6.45) is 8.16. The van der Waals surface area contributed by atoms with Crippen molar-refractivity contribution < 1.29 is 9.84 Å². The molecule has 0 saturated carbocycles. The van der Waals surface area contributed by atoms with E-state index in [2.05, 4.69) is 54.2 Å². The summed E-state index contributed by atoms with van der Waals surface area (Å²) in [5.41, 5.74) is 5.87. The van der Waals surface area contributed by atoms with E-state index in [1.54, 1.807) is 6.21 Å². The van der Waals surface area contributed by atoms with Crippen LogP contribution < -0.4 is 10.6 Å². The Morgan fingerprint density at radius 2 is 2.03 bits per heavy atom. The van der Waals surface area contributed by atoms with E-state index >= 15 is 0 Å². The third-order valence-electron chi connectivity index (χ3n) is 5.65. The number of nitrogens with zero attached hydrogens (tertiary/aromatic N) is 4. The largest absolute Gasteiger partial charge is 0.396 e. The second kappa shape index (κ2) is 11.9. The van der Waals surface area contributed by atoms with Gasteiger partial charge in [-0.25, -0.2) is 0 Å². The molecule has 0 radical (unpaired) electrons. The summed E-state index contributed by atoms with van der Waals surface area (Å²) < 4.78 is 9.87. The molecule has 1 N–H and O–H groups in total. The van der Waals surface area contributed by atoms with E-state index in [4.69, 9.17) is 4.74 Å². The zero-order valence-electron chi connectivity index (χ0n) is 20.7. The minimum atomic E-state index is -1.13. The van der Waals surface area contributed by atoms with Crippen molar-refractivity contribution in [3.8, 4) is 0 Å². The molecule has 2 aromatic heterocycles. The van der Waals surface area contributed by atoms with Crippen LogP contribution in [0, 0.1) is 0 Å². The van der Waals surface area contributed by atoms with Gasteiger partial charge in [0.25, 0.3) is 0 Å². The quantitative estimate of drug-likeness (QED) is 0.260. The molecule has 7 heteroatoms. The summed E-state index contributed by atoms with van der Waals surface area (Å²) in [6.45, 7) is 14.1. The predicted octanol–water partition coefficient (Wildman–Crippen LogP) is 3.78. The number of ether oxygens (including phenoxy) is 1. The second-order valence-electron chi connectivity index (χ2n) is 9.46. The molecule has 0 aliphatic carbocycles. The summed E-state index contributed by atoms with van der Waals surface area (Å²) in [4.78, 5) is 4.68. The summed E-state index contributed by atoms with van der Waals surface area (Å²) in [5, 5.41) is 16.1. The van der Waals surface area contributed by atoms with Crippen LogP contribution in [0.5, 0.6) is 0 Å². The highest BCUT2D eigenvalue weighted by atomic mass is 28.3. The molecular formula is C27H36N4O2Si. The molecule has 0 amide bonds. The van der Waals surface area contributed by atoms with Gasteiger partial charge in [-0.15, -0.1) is 5.73 Å². The molecule has 0 aliphatic rings. The van der Waals surface area contributed by atoms with Crippen LogP contribution in [0.4, 0.5) is 0 Å². The van der Waals surface area contributed by atoms with E-state index < -0.39 is 8.07 Å². The van der Waals surface area contributed by atoms with Crippen LogP contribution in [-0.2, 0) is 11.5 Å². The average Bonchev–Trinajstić information content (AvgIpc) is 3.46. The third-order valence-corrected chi connectivity index (χ3v) is 7.36. The topological polar surface area (TPSA) is 64.6 Å². The highest BCUT2D eigenvalue weighted by molar-refractivity contribution is 6.76. The van der Waals surface area contributed by atoms with Gasteiger partial charge in [-0.05, 0) is 31.0 Å². The molecule has 34 heavy (non-hydrogen) atoms. The lowest BCUT2D eigenvalue weighted by molar-refractivity contribution is 0.0856. The third kappa shape index (κ3) is 6.55. The van der Waals surface area contributed by atoms with E-state index in [1.807, 2.05) is 59.0 Å². The lowest BCUT2D eigenvalue weighted by Crippen LogP contribution is -2.31. The van der Waals surface area contributed by atoms with Crippen molar-refractivity contribution in [1.82, 2.24) is 14.3 Å². The number of benzene rings is 1. The number of aromatic nitrogens is 3. The fourth-order valence-electron chi connectivity index (χ4n) is 3.82. The van der Waals surface area contributed by atoms with Gasteiger partial charge >= 0.3 is 0 Å². The number of aliphatic imine (C=N–C) groups is 1. The maximum Gasteiger partial charge on any atom is 0.123 e. The first-order chi connectivity index (χ1) is 16.4. The standard InChI is InChI=1S/C27H36N4O2Si/c1-6-25-24(13-15-30(25)21-33-17-18-34(3,4)5)27(28-7-2)23-19-29-31(20-23)26(14-16-32)22-11-9-8-10-12-22/h7-13,15,19-20,26,32H,1,14,16-18,21H2,2-5H3/b27-24-,28-7-. The zero-order chi connectivity index (χ0) is 24.6. The van der Waals surface area contributed by atoms with Gasteiger partial charge in [0, 0.05) is 50.7 Å². The summed E-state index contributed by atoms with van der Waals surface area (Å²) in [5.74, 6) is 0. The van der Waals surface area contributed by atoms with Crippen LogP contribution in [0.3, 0.4) is 0 Å². The van der Waals surface area contributed by atoms with E-state index in [1.165, 1.54) is 0 Å². The molecule has 2 heterocycles. The van der Waals surface area contributed by atoms with Gasteiger partial charge in [-0.1, -0.05) is 56.6 Å². The maximum atomic E-state index is 9.64. The summed E-state index contributed by atoms with van der Waals surface area (Å²) in [7, 11) is -1.13. The van der Waals surface area contributed by atoms with Gasteiger partial charge in [0.15, 0.2) is 0 Å². The highest BCUT2D eigenvalue weighted by Crippen LogP contribution is 2.23. The Balaban J connectivity index is 1.97. The average molecular weight is 477 g/mol. The van der Waals surface area contributed by atoms with Gasteiger partial charge in [0.2, 0.25) is 0 Å². The molecule has 3 rings (SSSR count). The number of rotatable bonds is 11. The molecule has 1 unspecified atom stereocenters. The maximum absolute atomic E-state index is 9.64. The Labute approximate surface area is 203 Å². The van der Waals surface area contributed by atoms with Crippen molar-refractivity contribution in [3.05, 3.63) is 83.3 Å². The van der Waals surface area contributed by atoms with Crippen molar-refractivity contribution in [1.29, 1.82) is 0 Å². The van der Waals surface area contributed by atoms with E-state index in [-0.39, 0.29) is 12.6 Å². The van der Waals surface area contributed by atoms with Crippen LogP contribution in [-0.4, -0.2) is 47.0 Å². The molecule has 0 bridgehead atoms. The first kappa shape index (κ1) is 25.7. The van der Waals surface area contributed by atoms with Crippen molar-refractivity contribution in [2.24, 2.45) is 4.99 Å². The first-order valence-electron chi connectivity index (χ1n) is 11.7. The monoisotopic (exact) mass is 476 g/mol. The van der Waals surface area contributed by atoms with Crippen molar-refractivity contribution in [2.45, 2.75) is 51.8 Å². The molecule has 0 spiro atoms. The molecule has 1 aromatic carbocycles. The van der Waals surface area contributed by atoms with Crippen LogP contribution in [0.25, 0.3) is 11.4 Å². The van der Waals surface area contributed by atoms with Crippen molar-refractivity contribution in [2.75, 3.05) is 13.2 Å². The predicted molar refractivity (Wildman–Crippen MR) is 142 cm³/mol. The molecule has 0 aliphatic heterocycles. The zero-order valence-corrected chi connectivity index (χ0v) is 21.7. The van der Waals surface area contributed by atoms with Gasteiger partial charge in [-0.2, -0.15) is 5.10 Å². The normalized spacial score (nSPS) is 13.8. The van der Waals surface area contributed by atoms with Crippen LogP contribution in [0.2, 0.25) is 25.7 Å². The Morgan fingerprint density at radius 3 is 2.68 bits per heavy atom. The lowest BCUT2D eigenvalue weighted by Gasteiger charge is -2.16. The lowest BCUT2D eigenvalue weighted by atomic mass is 10.0. The van der Waals surface area contributed by atoms with Crippen molar-refractivity contribution >= 4 is 25.7 Å².